The van der Waals surface area contributed by atoms with Crippen molar-refractivity contribution in [3.05, 3.63) is 45.4 Å². The normalized spacial score (nSPS) is 10.3. The van der Waals surface area contributed by atoms with Gasteiger partial charge in [0.2, 0.25) is 0 Å². The Balaban J connectivity index is 2.61. The molecular weight excluding hydrogens is 380 g/mol. The lowest BCUT2D eigenvalue weighted by molar-refractivity contribution is 0.0692. The molecule has 7 heteroatoms. The predicted molar refractivity (Wildman–Crippen MR) is 91.7 cm³/mol. The van der Waals surface area contributed by atoms with Crippen LogP contribution in [0.3, 0.4) is 0 Å². The third kappa shape index (κ3) is 3.56. The van der Waals surface area contributed by atoms with Crippen LogP contribution in [0.15, 0.2) is 28.7 Å². The van der Waals surface area contributed by atoms with E-state index in [0.29, 0.717) is 27.1 Å². The van der Waals surface area contributed by atoms with Crippen molar-refractivity contribution in [3.63, 3.8) is 0 Å². The monoisotopic (exact) mass is 396 g/mol. The summed E-state index contributed by atoms with van der Waals surface area (Å²) < 4.78 is 16.2. The lowest BCUT2D eigenvalue weighted by Crippen LogP contribution is -2.07. The molecule has 0 aliphatic rings. The van der Waals surface area contributed by atoms with Crippen LogP contribution in [-0.2, 0) is 6.42 Å². The third-order valence-electron chi connectivity index (χ3n) is 3.55. The third-order valence-corrected chi connectivity index (χ3v) is 4.00. The highest BCUT2D eigenvalue weighted by atomic mass is 79.9. The quantitative estimate of drug-likeness (QED) is 0.777. The topological polar surface area (TPSA) is 85.2 Å². The van der Waals surface area contributed by atoms with E-state index in [1.54, 1.807) is 18.2 Å². The number of aromatic carboxylic acids is 1. The van der Waals surface area contributed by atoms with E-state index >= 15 is 0 Å². The SMILES string of the molecule is COc1cc(Cc2cc(Br)cc(OC)c2O)c(C(=O)O)c(OC)c1. The maximum atomic E-state index is 11.6. The number of benzene rings is 2. The molecule has 2 aromatic carbocycles. The molecule has 0 saturated carbocycles. The van der Waals surface area contributed by atoms with Crippen LogP contribution in [0.2, 0.25) is 0 Å². The number of hydrogen-bond donors (Lipinski definition) is 2. The van der Waals surface area contributed by atoms with Gasteiger partial charge in [-0.25, -0.2) is 4.79 Å². The van der Waals surface area contributed by atoms with Gasteiger partial charge in [-0.05, 0) is 23.8 Å². The molecule has 0 aliphatic carbocycles. The van der Waals surface area contributed by atoms with Crippen LogP contribution in [0.1, 0.15) is 21.5 Å². The average molecular weight is 397 g/mol. The van der Waals surface area contributed by atoms with E-state index in [-0.39, 0.29) is 23.5 Å². The molecule has 0 bridgehead atoms. The van der Waals surface area contributed by atoms with Gasteiger partial charge in [0, 0.05) is 22.5 Å². The minimum atomic E-state index is -1.12. The molecule has 0 aliphatic heterocycles. The van der Waals surface area contributed by atoms with E-state index in [2.05, 4.69) is 15.9 Å². The fourth-order valence-electron chi connectivity index (χ4n) is 2.43. The zero-order valence-corrected chi connectivity index (χ0v) is 15.0. The van der Waals surface area contributed by atoms with Gasteiger partial charge >= 0.3 is 5.97 Å². The summed E-state index contributed by atoms with van der Waals surface area (Å²) in [6.45, 7) is 0. The highest BCUT2D eigenvalue weighted by molar-refractivity contribution is 9.10. The summed E-state index contributed by atoms with van der Waals surface area (Å²) in [6.07, 6.45) is 0.164. The Morgan fingerprint density at radius 1 is 1.00 bits per heavy atom. The van der Waals surface area contributed by atoms with Gasteiger partial charge in [0.1, 0.15) is 17.1 Å². The zero-order valence-electron chi connectivity index (χ0n) is 13.4. The van der Waals surface area contributed by atoms with Gasteiger partial charge in [0.15, 0.2) is 11.5 Å². The van der Waals surface area contributed by atoms with Crippen LogP contribution in [0.4, 0.5) is 0 Å². The molecule has 24 heavy (non-hydrogen) atoms. The molecule has 2 aromatic rings. The van der Waals surface area contributed by atoms with E-state index in [1.807, 2.05) is 0 Å². The van der Waals surface area contributed by atoms with Crippen molar-refractivity contribution in [2.24, 2.45) is 0 Å². The Labute approximate surface area is 147 Å². The molecule has 0 amide bonds. The summed E-state index contributed by atoms with van der Waals surface area (Å²) in [7, 11) is 4.33. The first kappa shape index (κ1) is 17.9. The summed E-state index contributed by atoms with van der Waals surface area (Å²) in [5.74, 6) is -0.206. The molecule has 0 atom stereocenters. The molecule has 0 heterocycles. The van der Waals surface area contributed by atoms with Crippen LogP contribution < -0.4 is 14.2 Å². The highest BCUT2D eigenvalue weighted by Gasteiger charge is 2.21. The molecule has 2 N–H and O–H groups in total. The number of hydrogen-bond acceptors (Lipinski definition) is 5. The Hall–Kier alpha value is -2.41. The summed E-state index contributed by atoms with van der Waals surface area (Å²) in [6, 6.07) is 6.45. The highest BCUT2D eigenvalue weighted by Crippen LogP contribution is 2.37. The Bertz CT molecular complexity index is 772. The van der Waals surface area contributed by atoms with Gasteiger partial charge in [-0.3, -0.25) is 0 Å². The number of carboxylic acids is 1. The van der Waals surface area contributed by atoms with Crippen LogP contribution in [-0.4, -0.2) is 37.5 Å². The predicted octanol–water partition coefficient (Wildman–Crippen LogP) is 3.47. The first-order valence-electron chi connectivity index (χ1n) is 6.94. The number of carbonyl (C=O) groups is 1. The van der Waals surface area contributed by atoms with E-state index in [9.17, 15) is 15.0 Å². The van der Waals surface area contributed by atoms with Crippen molar-refractivity contribution in [1.82, 2.24) is 0 Å². The molecular formula is C17H17BrO6. The maximum Gasteiger partial charge on any atom is 0.339 e. The molecule has 0 fully saturated rings. The molecule has 0 aromatic heterocycles. The average Bonchev–Trinajstić information content (AvgIpc) is 2.56. The Morgan fingerprint density at radius 2 is 1.67 bits per heavy atom. The van der Waals surface area contributed by atoms with E-state index in [0.717, 1.165) is 0 Å². The van der Waals surface area contributed by atoms with Crippen molar-refractivity contribution in [1.29, 1.82) is 0 Å². The van der Waals surface area contributed by atoms with Gasteiger partial charge in [0.25, 0.3) is 0 Å². The molecule has 2 rings (SSSR count). The van der Waals surface area contributed by atoms with Gasteiger partial charge in [0.05, 0.1) is 21.3 Å². The van der Waals surface area contributed by atoms with Crippen molar-refractivity contribution >= 4 is 21.9 Å². The number of carboxylic acid groups (broad SMARTS) is 1. The summed E-state index contributed by atoms with van der Waals surface area (Å²) >= 11 is 3.35. The summed E-state index contributed by atoms with van der Waals surface area (Å²) in [4.78, 5) is 11.6. The molecule has 6 nitrogen and oxygen atoms in total. The standard InChI is InChI=1S/C17H17BrO6/c1-22-12-6-9(15(17(20)21)13(8-12)23-2)4-10-5-11(18)7-14(24-3)16(10)19/h5-8,19H,4H2,1-3H3,(H,20,21). The van der Waals surface area contributed by atoms with Crippen molar-refractivity contribution < 1.29 is 29.2 Å². The molecule has 0 radical (unpaired) electrons. The number of ether oxygens (including phenoxy) is 3. The first-order valence-corrected chi connectivity index (χ1v) is 7.74. The smallest absolute Gasteiger partial charge is 0.339 e. The lowest BCUT2D eigenvalue weighted by atomic mass is 9.97. The van der Waals surface area contributed by atoms with E-state index < -0.39 is 5.97 Å². The van der Waals surface area contributed by atoms with Crippen LogP contribution in [0.5, 0.6) is 23.0 Å². The number of halogens is 1. The second kappa shape index (κ2) is 7.44. The van der Waals surface area contributed by atoms with Crippen molar-refractivity contribution in [2.75, 3.05) is 21.3 Å². The summed E-state index contributed by atoms with van der Waals surface area (Å²) in [5, 5.41) is 19.8. The van der Waals surface area contributed by atoms with Crippen LogP contribution in [0, 0.1) is 0 Å². The number of phenols is 1. The number of rotatable bonds is 6. The second-order valence-corrected chi connectivity index (χ2v) is 5.88. The lowest BCUT2D eigenvalue weighted by Gasteiger charge is -2.15. The maximum absolute atomic E-state index is 11.6. The van der Waals surface area contributed by atoms with Gasteiger partial charge < -0.3 is 24.4 Å². The Kier molecular flexibility index (Phi) is 5.56. The van der Waals surface area contributed by atoms with Crippen LogP contribution >= 0.6 is 15.9 Å². The van der Waals surface area contributed by atoms with Gasteiger partial charge in [-0.1, -0.05) is 15.9 Å². The number of phenolic OH excluding ortho intramolecular Hbond substituents is 1. The Morgan fingerprint density at radius 3 is 2.21 bits per heavy atom. The van der Waals surface area contributed by atoms with E-state index in [1.165, 1.54) is 27.4 Å². The fourth-order valence-corrected chi connectivity index (χ4v) is 2.91. The number of aromatic hydroxyl groups is 1. The number of methoxy groups -OCH3 is 3. The minimum Gasteiger partial charge on any atom is -0.504 e. The van der Waals surface area contributed by atoms with Crippen LogP contribution in [0.25, 0.3) is 0 Å². The summed E-state index contributed by atoms with van der Waals surface area (Å²) in [5.41, 5.74) is 0.991. The largest absolute Gasteiger partial charge is 0.504 e. The fraction of sp³-hybridized carbons (Fsp3) is 0.235. The van der Waals surface area contributed by atoms with Crippen molar-refractivity contribution in [2.45, 2.75) is 6.42 Å². The second-order valence-electron chi connectivity index (χ2n) is 4.96. The van der Waals surface area contributed by atoms with Crippen molar-refractivity contribution in [3.8, 4) is 23.0 Å². The zero-order chi connectivity index (χ0) is 17.9. The minimum absolute atomic E-state index is 0.0247. The van der Waals surface area contributed by atoms with Gasteiger partial charge in [-0.15, -0.1) is 0 Å². The molecule has 0 spiro atoms. The molecule has 0 unspecified atom stereocenters. The first-order chi connectivity index (χ1) is 11.4. The molecule has 128 valence electrons. The van der Waals surface area contributed by atoms with Gasteiger partial charge in [-0.2, -0.15) is 0 Å². The molecule has 0 saturated heterocycles. The van der Waals surface area contributed by atoms with E-state index in [4.69, 9.17) is 14.2 Å².